The number of rotatable bonds is 6. The smallest absolute Gasteiger partial charge is 0.104 e. The van der Waals surface area contributed by atoms with Gasteiger partial charge in [-0.25, -0.2) is 4.98 Å². The predicted molar refractivity (Wildman–Crippen MR) is 78.0 cm³/mol. The number of hydrogen-bond acceptors (Lipinski definition) is 3. The molecule has 0 fully saturated rings. The zero-order valence-electron chi connectivity index (χ0n) is 12.0. The van der Waals surface area contributed by atoms with E-state index in [-0.39, 0.29) is 6.61 Å². The lowest BCUT2D eigenvalue weighted by Gasteiger charge is -2.21. The molecule has 0 spiro atoms. The number of fused-ring (bicyclic) bond motifs is 1. The van der Waals surface area contributed by atoms with Gasteiger partial charge in [-0.05, 0) is 44.0 Å². The van der Waals surface area contributed by atoms with Crippen LogP contribution in [0.1, 0.15) is 24.7 Å². The van der Waals surface area contributed by atoms with Crippen LogP contribution in [-0.2, 0) is 6.54 Å². The van der Waals surface area contributed by atoms with Gasteiger partial charge in [-0.3, -0.25) is 0 Å². The maximum atomic E-state index is 9.25. The van der Waals surface area contributed by atoms with Gasteiger partial charge in [0, 0.05) is 19.7 Å². The third-order valence-electron chi connectivity index (χ3n) is 3.52. The Morgan fingerprint density at radius 3 is 2.89 bits per heavy atom. The first kappa shape index (κ1) is 14.0. The Labute approximate surface area is 114 Å². The highest BCUT2D eigenvalue weighted by molar-refractivity contribution is 5.75. The maximum absolute atomic E-state index is 9.25. The van der Waals surface area contributed by atoms with Crippen LogP contribution in [0.4, 0.5) is 0 Å². The van der Waals surface area contributed by atoms with Crippen molar-refractivity contribution < 1.29 is 5.11 Å². The number of nitrogens with one attached hydrogen (secondary N) is 1. The van der Waals surface area contributed by atoms with Gasteiger partial charge < -0.3 is 15.0 Å². The van der Waals surface area contributed by atoms with Gasteiger partial charge in [-0.1, -0.05) is 13.0 Å². The SMILES string of the molecule is CCC(CO)CN(C)Cc1ccc2nc(C)[nH]c2c1. The summed E-state index contributed by atoms with van der Waals surface area (Å²) >= 11 is 0. The minimum absolute atomic E-state index is 0.264. The molecule has 0 amide bonds. The lowest BCUT2D eigenvalue weighted by atomic mass is 10.1. The average molecular weight is 261 g/mol. The normalized spacial score (nSPS) is 13.3. The summed E-state index contributed by atoms with van der Waals surface area (Å²) < 4.78 is 0. The Bertz CT molecular complexity index is 531. The van der Waals surface area contributed by atoms with E-state index in [1.165, 1.54) is 5.56 Å². The summed E-state index contributed by atoms with van der Waals surface area (Å²) in [5.74, 6) is 1.31. The number of benzene rings is 1. The number of nitrogens with zero attached hydrogens (tertiary/aromatic N) is 2. The minimum atomic E-state index is 0.264. The fourth-order valence-electron chi connectivity index (χ4n) is 2.42. The van der Waals surface area contributed by atoms with Crippen LogP contribution in [-0.4, -0.2) is 40.2 Å². The Balaban J connectivity index is 2.03. The molecule has 4 nitrogen and oxygen atoms in total. The molecule has 0 saturated heterocycles. The summed E-state index contributed by atoms with van der Waals surface area (Å²) in [6.45, 7) is 6.17. The van der Waals surface area contributed by atoms with Gasteiger partial charge >= 0.3 is 0 Å². The van der Waals surface area contributed by atoms with Crippen molar-refractivity contribution in [2.45, 2.75) is 26.8 Å². The fourth-order valence-corrected chi connectivity index (χ4v) is 2.42. The van der Waals surface area contributed by atoms with E-state index in [1.54, 1.807) is 0 Å². The first-order valence-electron chi connectivity index (χ1n) is 6.87. The average Bonchev–Trinajstić information content (AvgIpc) is 2.75. The molecule has 1 heterocycles. The van der Waals surface area contributed by atoms with Crippen molar-refractivity contribution in [3.63, 3.8) is 0 Å². The van der Waals surface area contributed by atoms with Crippen molar-refractivity contribution in [1.29, 1.82) is 0 Å². The van der Waals surface area contributed by atoms with Crippen LogP contribution in [0.25, 0.3) is 11.0 Å². The molecule has 1 unspecified atom stereocenters. The molecule has 0 bridgehead atoms. The predicted octanol–water partition coefficient (Wildman–Crippen LogP) is 2.32. The van der Waals surface area contributed by atoms with E-state index in [9.17, 15) is 5.11 Å². The highest BCUT2D eigenvalue weighted by Crippen LogP contribution is 2.15. The van der Waals surface area contributed by atoms with Crippen molar-refractivity contribution in [1.82, 2.24) is 14.9 Å². The molecular formula is C15H23N3O. The Morgan fingerprint density at radius 1 is 1.42 bits per heavy atom. The van der Waals surface area contributed by atoms with Crippen LogP contribution in [0.5, 0.6) is 0 Å². The van der Waals surface area contributed by atoms with E-state index in [0.717, 1.165) is 36.4 Å². The topological polar surface area (TPSA) is 52.1 Å². The molecule has 0 aliphatic heterocycles. The lowest BCUT2D eigenvalue weighted by molar-refractivity contribution is 0.173. The number of aromatic nitrogens is 2. The van der Waals surface area contributed by atoms with Gasteiger partial charge in [0.1, 0.15) is 5.82 Å². The molecule has 4 heteroatoms. The van der Waals surface area contributed by atoms with Crippen LogP contribution < -0.4 is 0 Å². The van der Waals surface area contributed by atoms with E-state index in [2.05, 4.69) is 47.0 Å². The number of aryl methyl sites for hydroxylation is 1. The van der Waals surface area contributed by atoms with Crippen LogP contribution >= 0.6 is 0 Å². The molecule has 2 N–H and O–H groups in total. The third kappa shape index (κ3) is 3.55. The quantitative estimate of drug-likeness (QED) is 0.839. The molecule has 104 valence electrons. The van der Waals surface area contributed by atoms with Crippen LogP contribution in [0.2, 0.25) is 0 Å². The van der Waals surface area contributed by atoms with Crippen molar-refractivity contribution in [2.24, 2.45) is 5.92 Å². The van der Waals surface area contributed by atoms with Gasteiger partial charge in [0.05, 0.1) is 11.0 Å². The first-order valence-corrected chi connectivity index (χ1v) is 6.87. The summed E-state index contributed by atoms with van der Waals surface area (Å²) in [5.41, 5.74) is 3.38. The number of H-pyrrole nitrogens is 1. The lowest BCUT2D eigenvalue weighted by Crippen LogP contribution is -2.26. The molecule has 0 radical (unpaired) electrons. The summed E-state index contributed by atoms with van der Waals surface area (Å²) in [5, 5.41) is 9.25. The van der Waals surface area contributed by atoms with Gasteiger partial charge in [0.2, 0.25) is 0 Å². The fraction of sp³-hybridized carbons (Fsp3) is 0.533. The van der Waals surface area contributed by atoms with Gasteiger partial charge in [0.15, 0.2) is 0 Å². The number of aliphatic hydroxyl groups is 1. The van der Waals surface area contributed by atoms with E-state index in [1.807, 2.05) is 6.92 Å². The monoisotopic (exact) mass is 261 g/mol. The van der Waals surface area contributed by atoms with Crippen molar-refractivity contribution in [3.8, 4) is 0 Å². The van der Waals surface area contributed by atoms with E-state index >= 15 is 0 Å². The van der Waals surface area contributed by atoms with Crippen molar-refractivity contribution >= 4 is 11.0 Å². The van der Waals surface area contributed by atoms with Crippen LogP contribution in [0.15, 0.2) is 18.2 Å². The Kier molecular flexibility index (Phi) is 4.56. The summed E-state index contributed by atoms with van der Waals surface area (Å²) in [4.78, 5) is 9.93. The number of imidazole rings is 1. The standard InChI is InChI=1S/C15H23N3O/c1-4-12(10-19)8-18(3)9-13-5-6-14-15(7-13)17-11(2)16-14/h5-7,12,19H,4,8-10H2,1-3H3,(H,16,17). The second-order valence-electron chi connectivity index (χ2n) is 5.33. The molecule has 2 rings (SSSR count). The molecule has 1 atom stereocenters. The summed E-state index contributed by atoms with van der Waals surface area (Å²) in [7, 11) is 2.10. The van der Waals surface area contributed by atoms with E-state index in [0.29, 0.717) is 5.92 Å². The van der Waals surface area contributed by atoms with Crippen molar-refractivity contribution in [2.75, 3.05) is 20.2 Å². The second-order valence-corrected chi connectivity index (χ2v) is 5.33. The summed E-state index contributed by atoms with van der Waals surface area (Å²) in [6, 6.07) is 6.34. The molecule has 0 saturated carbocycles. The molecule has 2 aromatic rings. The zero-order valence-corrected chi connectivity index (χ0v) is 12.0. The third-order valence-corrected chi connectivity index (χ3v) is 3.52. The largest absolute Gasteiger partial charge is 0.396 e. The number of aliphatic hydroxyl groups excluding tert-OH is 1. The Hall–Kier alpha value is -1.39. The second kappa shape index (κ2) is 6.17. The highest BCUT2D eigenvalue weighted by atomic mass is 16.3. The van der Waals surface area contributed by atoms with Gasteiger partial charge in [0.25, 0.3) is 0 Å². The van der Waals surface area contributed by atoms with Gasteiger partial charge in [-0.2, -0.15) is 0 Å². The van der Waals surface area contributed by atoms with E-state index in [4.69, 9.17) is 0 Å². The van der Waals surface area contributed by atoms with E-state index < -0.39 is 0 Å². The molecule has 1 aromatic carbocycles. The first-order chi connectivity index (χ1) is 9.12. The molecule has 0 aliphatic carbocycles. The number of aromatic amines is 1. The highest BCUT2D eigenvalue weighted by Gasteiger charge is 2.09. The minimum Gasteiger partial charge on any atom is -0.396 e. The maximum Gasteiger partial charge on any atom is 0.104 e. The summed E-state index contributed by atoms with van der Waals surface area (Å²) in [6.07, 6.45) is 1.01. The van der Waals surface area contributed by atoms with Crippen LogP contribution in [0.3, 0.4) is 0 Å². The molecule has 1 aromatic heterocycles. The zero-order chi connectivity index (χ0) is 13.8. The molecule has 0 aliphatic rings. The van der Waals surface area contributed by atoms with Crippen LogP contribution in [0, 0.1) is 12.8 Å². The number of hydrogen-bond donors (Lipinski definition) is 2. The molecule has 19 heavy (non-hydrogen) atoms. The Morgan fingerprint density at radius 2 is 2.21 bits per heavy atom. The van der Waals surface area contributed by atoms with Gasteiger partial charge in [-0.15, -0.1) is 0 Å². The van der Waals surface area contributed by atoms with Crippen molar-refractivity contribution in [3.05, 3.63) is 29.6 Å². The molecular weight excluding hydrogens is 238 g/mol.